The van der Waals surface area contributed by atoms with Crippen molar-refractivity contribution in [3.05, 3.63) is 103 Å². The molecule has 0 aliphatic carbocycles. The van der Waals surface area contributed by atoms with E-state index >= 15 is 0 Å². The van der Waals surface area contributed by atoms with Gasteiger partial charge >= 0.3 is 5.97 Å². The van der Waals surface area contributed by atoms with E-state index in [2.05, 4.69) is 83.3 Å². The molecule has 1 atom stereocenters. The maximum absolute atomic E-state index is 12.1. The zero-order valence-electron chi connectivity index (χ0n) is 23.7. The maximum Gasteiger partial charge on any atom is 0.326 e. The molecule has 0 aliphatic rings. The van der Waals surface area contributed by atoms with Crippen molar-refractivity contribution in [2.75, 3.05) is 6.54 Å². The van der Waals surface area contributed by atoms with Crippen LogP contribution in [0, 0.1) is 0 Å². The Kier molecular flexibility index (Phi) is 20.5. The number of pyridine rings is 1. The third kappa shape index (κ3) is 19.1. The Labute approximate surface area is 239 Å². The number of amides is 2. The molecule has 1 rings (SSSR count). The van der Waals surface area contributed by atoms with E-state index in [1.807, 2.05) is 12.2 Å². The highest BCUT2D eigenvalue weighted by molar-refractivity contribution is 5.93. The number of carboxylic acids is 1. The van der Waals surface area contributed by atoms with Crippen molar-refractivity contribution in [3.8, 4) is 0 Å². The van der Waals surface area contributed by atoms with Gasteiger partial charge in [0, 0.05) is 25.4 Å². The molecule has 3 N–H and O–H groups in total. The average molecular weight is 548 g/mol. The monoisotopic (exact) mass is 547 g/mol. The van der Waals surface area contributed by atoms with E-state index in [0.29, 0.717) is 24.9 Å². The van der Waals surface area contributed by atoms with Gasteiger partial charge in [-0.2, -0.15) is 0 Å². The molecule has 0 fully saturated rings. The van der Waals surface area contributed by atoms with Gasteiger partial charge in [-0.15, -0.1) is 0 Å². The van der Waals surface area contributed by atoms with Crippen LogP contribution in [0.1, 0.15) is 81.5 Å². The Bertz CT molecular complexity index is 1020. The number of carbonyl (C=O) groups excluding carboxylic acids is 2. The Morgan fingerprint density at radius 2 is 1.40 bits per heavy atom. The Balaban J connectivity index is 2.11. The molecular weight excluding hydrogens is 502 g/mol. The average Bonchev–Trinajstić information content (AvgIpc) is 2.96. The minimum Gasteiger partial charge on any atom is -0.480 e. The fourth-order valence-corrected chi connectivity index (χ4v) is 3.49. The second kappa shape index (κ2) is 24.1. The Hall–Kier alpha value is -4.00. The van der Waals surface area contributed by atoms with Crippen molar-refractivity contribution in [2.24, 2.45) is 0 Å². The topological polar surface area (TPSA) is 108 Å². The van der Waals surface area contributed by atoms with E-state index in [4.69, 9.17) is 0 Å². The summed E-state index contributed by atoms with van der Waals surface area (Å²) < 4.78 is 0. The van der Waals surface area contributed by atoms with E-state index in [1.54, 1.807) is 18.3 Å². The second-order valence-corrected chi connectivity index (χ2v) is 9.05. The lowest BCUT2D eigenvalue weighted by Crippen LogP contribution is -2.41. The minimum absolute atomic E-state index is 0.226. The predicted molar refractivity (Wildman–Crippen MR) is 163 cm³/mol. The number of carboxylic acid groups (broad SMARTS) is 1. The number of allylic oxidation sites excluding steroid dienone is 12. The first kappa shape index (κ1) is 34.0. The van der Waals surface area contributed by atoms with E-state index in [9.17, 15) is 19.5 Å². The van der Waals surface area contributed by atoms with Crippen molar-refractivity contribution in [1.82, 2.24) is 15.6 Å². The fraction of sp³-hybridized carbons (Fsp3) is 0.394. The molecule has 0 unspecified atom stereocenters. The molecule has 0 saturated carbocycles. The highest BCUT2D eigenvalue weighted by Crippen LogP contribution is 2.02. The molecule has 216 valence electrons. The molecule has 0 spiro atoms. The number of nitrogens with one attached hydrogen (secondary N) is 2. The number of hydrogen-bond acceptors (Lipinski definition) is 4. The van der Waals surface area contributed by atoms with Gasteiger partial charge < -0.3 is 15.7 Å². The van der Waals surface area contributed by atoms with Crippen LogP contribution in [0.2, 0.25) is 0 Å². The van der Waals surface area contributed by atoms with Gasteiger partial charge in [-0.05, 0) is 69.9 Å². The first-order valence-corrected chi connectivity index (χ1v) is 14.1. The van der Waals surface area contributed by atoms with Crippen LogP contribution >= 0.6 is 0 Å². The van der Waals surface area contributed by atoms with Crippen molar-refractivity contribution >= 4 is 17.8 Å². The maximum atomic E-state index is 12.1. The fourth-order valence-electron chi connectivity index (χ4n) is 3.49. The van der Waals surface area contributed by atoms with Crippen molar-refractivity contribution in [2.45, 2.75) is 77.2 Å². The molecule has 1 aromatic heterocycles. The standard InChI is InChI=1S/C33H45N3O4/c1-2-3-4-5-6-7-8-9-10-11-12-13-14-15-16-17-18-19-20-25-31(37)36-30(33(39)40)24-22-27-35-32(38)29-23-21-26-34-28-29/h3-4,6-7,9-10,12-13,15-16,18-19,21,23,26,28,30H,2,5,8,11,14,17,20,22,24-25,27H2,1H3,(H,35,38)(H,36,37)(H,39,40)/t30-/m0/s1. The molecule has 0 aromatic carbocycles. The smallest absolute Gasteiger partial charge is 0.326 e. The third-order valence-electron chi connectivity index (χ3n) is 5.65. The van der Waals surface area contributed by atoms with E-state index in [1.165, 1.54) is 6.20 Å². The molecular formula is C33H45N3O4. The number of nitrogens with zero attached hydrogens (tertiary/aromatic N) is 1. The lowest BCUT2D eigenvalue weighted by atomic mass is 10.1. The van der Waals surface area contributed by atoms with Gasteiger partial charge in [0.15, 0.2) is 0 Å². The summed E-state index contributed by atoms with van der Waals surface area (Å²) in [6, 6.07) is 2.35. The van der Waals surface area contributed by atoms with Gasteiger partial charge in [-0.25, -0.2) is 4.79 Å². The number of hydrogen-bond donors (Lipinski definition) is 3. The van der Waals surface area contributed by atoms with Crippen LogP contribution in [0.25, 0.3) is 0 Å². The van der Waals surface area contributed by atoms with Crippen LogP contribution in [0.3, 0.4) is 0 Å². The molecule has 2 amide bonds. The van der Waals surface area contributed by atoms with E-state index < -0.39 is 12.0 Å². The first-order chi connectivity index (χ1) is 19.5. The molecule has 7 nitrogen and oxygen atoms in total. The van der Waals surface area contributed by atoms with Crippen LogP contribution in [-0.4, -0.2) is 40.5 Å². The molecule has 1 heterocycles. The number of aliphatic carboxylic acids is 1. The van der Waals surface area contributed by atoms with Crippen molar-refractivity contribution in [3.63, 3.8) is 0 Å². The second-order valence-electron chi connectivity index (χ2n) is 9.05. The summed E-state index contributed by atoms with van der Waals surface area (Å²) in [6.45, 7) is 2.45. The molecule has 0 saturated heterocycles. The van der Waals surface area contributed by atoms with Gasteiger partial charge in [0.25, 0.3) is 5.91 Å². The lowest BCUT2D eigenvalue weighted by molar-refractivity contribution is -0.142. The number of aromatic nitrogens is 1. The summed E-state index contributed by atoms with van der Waals surface area (Å²) in [4.78, 5) is 39.5. The minimum atomic E-state index is -1.08. The SMILES string of the molecule is CCC=CCC=CCC=CCC=CCC=CCC=CCCC(=O)N[C@@H](CCCNC(=O)c1cccnc1)C(=O)O. The van der Waals surface area contributed by atoms with Crippen molar-refractivity contribution < 1.29 is 19.5 Å². The van der Waals surface area contributed by atoms with Crippen LogP contribution in [-0.2, 0) is 9.59 Å². The van der Waals surface area contributed by atoms with Gasteiger partial charge in [0.2, 0.25) is 5.91 Å². The molecule has 1 aromatic rings. The predicted octanol–water partition coefficient (Wildman–Crippen LogP) is 6.64. The third-order valence-corrected chi connectivity index (χ3v) is 5.65. The highest BCUT2D eigenvalue weighted by Gasteiger charge is 2.19. The quantitative estimate of drug-likeness (QED) is 0.118. The van der Waals surface area contributed by atoms with Crippen LogP contribution in [0.4, 0.5) is 0 Å². The highest BCUT2D eigenvalue weighted by atomic mass is 16.4. The summed E-state index contributed by atoms with van der Waals surface area (Å²) in [5.74, 6) is -1.65. The van der Waals surface area contributed by atoms with E-state index in [-0.39, 0.29) is 24.7 Å². The largest absolute Gasteiger partial charge is 0.480 e. The van der Waals surface area contributed by atoms with Gasteiger partial charge in [-0.1, -0.05) is 79.8 Å². The summed E-state index contributed by atoms with van der Waals surface area (Å²) >= 11 is 0. The zero-order chi connectivity index (χ0) is 29.1. The number of rotatable bonds is 21. The van der Waals surface area contributed by atoms with Gasteiger partial charge in [0.1, 0.15) is 6.04 Å². The van der Waals surface area contributed by atoms with Crippen LogP contribution in [0.15, 0.2) is 97.4 Å². The molecule has 0 radical (unpaired) electrons. The first-order valence-electron chi connectivity index (χ1n) is 14.1. The summed E-state index contributed by atoms with van der Waals surface area (Å²) in [5.41, 5.74) is 0.444. The van der Waals surface area contributed by atoms with Gasteiger partial charge in [0.05, 0.1) is 5.56 Å². The van der Waals surface area contributed by atoms with E-state index in [0.717, 1.165) is 38.5 Å². The molecule has 0 bridgehead atoms. The zero-order valence-corrected chi connectivity index (χ0v) is 23.7. The van der Waals surface area contributed by atoms with Crippen LogP contribution in [0.5, 0.6) is 0 Å². The Morgan fingerprint density at radius 3 is 1.90 bits per heavy atom. The summed E-state index contributed by atoms with van der Waals surface area (Å²) in [7, 11) is 0. The van der Waals surface area contributed by atoms with Crippen LogP contribution < -0.4 is 10.6 Å². The van der Waals surface area contributed by atoms with Gasteiger partial charge in [-0.3, -0.25) is 14.6 Å². The number of carbonyl (C=O) groups is 3. The molecule has 0 aliphatic heterocycles. The summed E-state index contributed by atoms with van der Waals surface area (Å²) in [5, 5.41) is 14.7. The normalized spacial score (nSPS) is 12.9. The molecule has 40 heavy (non-hydrogen) atoms. The van der Waals surface area contributed by atoms with Crippen molar-refractivity contribution in [1.29, 1.82) is 0 Å². The summed E-state index contributed by atoms with van der Waals surface area (Å²) in [6.07, 6.45) is 35.7. The molecule has 7 heteroatoms. The Morgan fingerprint density at radius 1 is 0.850 bits per heavy atom. The lowest BCUT2D eigenvalue weighted by Gasteiger charge is -2.14.